The highest BCUT2D eigenvalue weighted by molar-refractivity contribution is 8.27. The van der Waals surface area contributed by atoms with E-state index in [2.05, 4.69) is 4.74 Å². The van der Waals surface area contributed by atoms with Crippen molar-refractivity contribution < 1.29 is 19.1 Å². The van der Waals surface area contributed by atoms with Gasteiger partial charge in [-0.25, -0.2) is 4.79 Å². The van der Waals surface area contributed by atoms with Gasteiger partial charge in [0.15, 0.2) is 4.32 Å². The van der Waals surface area contributed by atoms with Crippen molar-refractivity contribution in [1.29, 1.82) is 0 Å². The largest absolute Gasteiger partial charge is 0.497 e. The Bertz CT molecular complexity index is 889. The Morgan fingerprint density at radius 1 is 1.08 bits per heavy atom. The van der Waals surface area contributed by atoms with Gasteiger partial charge in [0.1, 0.15) is 5.75 Å². The second-order valence-electron chi connectivity index (χ2n) is 5.33. The van der Waals surface area contributed by atoms with Crippen LogP contribution in [0.4, 0.5) is 5.69 Å². The van der Waals surface area contributed by atoms with E-state index in [-0.39, 0.29) is 5.91 Å². The number of amides is 1. The highest BCUT2D eigenvalue weighted by Crippen LogP contribution is 2.36. The third-order valence-corrected chi connectivity index (χ3v) is 5.06. The van der Waals surface area contributed by atoms with Crippen LogP contribution in [0.1, 0.15) is 15.9 Å². The van der Waals surface area contributed by atoms with Crippen molar-refractivity contribution in [1.82, 2.24) is 0 Å². The fraction of sp³-hybridized carbons (Fsp3) is 0.105. The van der Waals surface area contributed by atoms with Crippen LogP contribution in [0.3, 0.4) is 0 Å². The molecule has 1 aliphatic heterocycles. The highest BCUT2D eigenvalue weighted by atomic mass is 32.2. The van der Waals surface area contributed by atoms with E-state index in [1.165, 1.54) is 23.8 Å². The lowest BCUT2D eigenvalue weighted by molar-refractivity contribution is -0.113. The van der Waals surface area contributed by atoms with E-state index in [1.807, 2.05) is 24.3 Å². The number of methoxy groups -OCH3 is 2. The summed E-state index contributed by atoms with van der Waals surface area (Å²) in [6.07, 6.45) is 1.79. The average molecular weight is 385 g/mol. The molecule has 0 aliphatic carbocycles. The van der Waals surface area contributed by atoms with Gasteiger partial charge in [0.05, 0.1) is 30.4 Å². The van der Waals surface area contributed by atoms with Gasteiger partial charge < -0.3 is 9.47 Å². The Morgan fingerprint density at radius 3 is 2.31 bits per heavy atom. The molecule has 0 spiro atoms. The quantitative estimate of drug-likeness (QED) is 0.452. The minimum atomic E-state index is -0.429. The first-order valence-electron chi connectivity index (χ1n) is 7.64. The van der Waals surface area contributed by atoms with E-state index in [0.29, 0.717) is 20.5 Å². The molecule has 1 saturated heterocycles. The van der Waals surface area contributed by atoms with Crippen LogP contribution in [0, 0.1) is 0 Å². The van der Waals surface area contributed by atoms with Crippen LogP contribution in [0.2, 0.25) is 0 Å². The van der Waals surface area contributed by atoms with E-state index in [4.69, 9.17) is 17.0 Å². The van der Waals surface area contributed by atoms with Crippen LogP contribution in [-0.2, 0) is 9.53 Å². The molecule has 7 heteroatoms. The molecule has 0 saturated carbocycles. The fourth-order valence-electron chi connectivity index (χ4n) is 2.41. The van der Waals surface area contributed by atoms with Crippen LogP contribution in [0.5, 0.6) is 5.75 Å². The zero-order valence-electron chi connectivity index (χ0n) is 14.1. The molecule has 0 N–H and O–H groups in total. The van der Waals surface area contributed by atoms with Crippen LogP contribution in [0.25, 0.3) is 6.08 Å². The minimum Gasteiger partial charge on any atom is -0.497 e. The number of ether oxygens (including phenoxy) is 2. The topological polar surface area (TPSA) is 55.8 Å². The third kappa shape index (κ3) is 3.63. The van der Waals surface area contributed by atoms with E-state index < -0.39 is 5.97 Å². The molecule has 0 atom stereocenters. The summed E-state index contributed by atoms with van der Waals surface area (Å²) in [4.78, 5) is 26.3. The summed E-state index contributed by atoms with van der Waals surface area (Å²) in [5, 5.41) is 0. The standard InChI is InChI=1S/C19H15NO4S2/c1-23-15-9-3-12(4-10-15)11-16-17(21)20(19(25)26-16)14-7-5-13(6-8-14)18(22)24-2/h3-11H,1-2H3/b16-11-. The number of anilines is 1. The molecule has 2 aromatic rings. The Morgan fingerprint density at radius 2 is 1.73 bits per heavy atom. The molecule has 1 fully saturated rings. The fourth-order valence-corrected chi connectivity index (χ4v) is 3.71. The van der Waals surface area contributed by atoms with Gasteiger partial charge in [-0.3, -0.25) is 9.69 Å². The van der Waals surface area contributed by atoms with Crippen molar-refractivity contribution in [3.8, 4) is 5.75 Å². The summed E-state index contributed by atoms with van der Waals surface area (Å²) >= 11 is 6.60. The normalized spacial score (nSPS) is 15.5. The van der Waals surface area contributed by atoms with Crippen molar-refractivity contribution in [3.63, 3.8) is 0 Å². The van der Waals surface area contributed by atoms with Crippen LogP contribution in [-0.4, -0.2) is 30.4 Å². The monoisotopic (exact) mass is 385 g/mol. The van der Waals surface area contributed by atoms with Crippen molar-refractivity contribution in [3.05, 3.63) is 64.6 Å². The molecule has 132 valence electrons. The summed E-state index contributed by atoms with van der Waals surface area (Å²) in [5.41, 5.74) is 1.90. The van der Waals surface area contributed by atoms with E-state index in [1.54, 1.807) is 37.5 Å². The lowest BCUT2D eigenvalue weighted by Crippen LogP contribution is -2.27. The van der Waals surface area contributed by atoms with Gasteiger partial charge in [-0.2, -0.15) is 0 Å². The molecule has 0 aromatic heterocycles. The number of carbonyl (C=O) groups is 2. The molecule has 3 rings (SSSR count). The summed E-state index contributed by atoms with van der Waals surface area (Å²) in [6, 6.07) is 14.0. The first kappa shape index (κ1) is 18.2. The number of nitrogens with zero attached hydrogens (tertiary/aromatic N) is 1. The zero-order valence-corrected chi connectivity index (χ0v) is 15.7. The molecule has 1 aliphatic rings. The summed E-state index contributed by atoms with van der Waals surface area (Å²) in [7, 11) is 2.92. The van der Waals surface area contributed by atoms with Crippen molar-refractivity contribution in [2.75, 3.05) is 19.1 Å². The van der Waals surface area contributed by atoms with Crippen molar-refractivity contribution in [2.24, 2.45) is 0 Å². The predicted molar refractivity (Wildman–Crippen MR) is 106 cm³/mol. The van der Waals surface area contributed by atoms with Crippen molar-refractivity contribution in [2.45, 2.75) is 0 Å². The van der Waals surface area contributed by atoms with Gasteiger partial charge in [-0.1, -0.05) is 36.1 Å². The van der Waals surface area contributed by atoms with Crippen LogP contribution < -0.4 is 9.64 Å². The number of carbonyl (C=O) groups excluding carboxylic acids is 2. The maximum atomic E-state index is 12.8. The first-order valence-corrected chi connectivity index (χ1v) is 8.86. The minimum absolute atomic E-state index is 0.193. The van der Waals surface area contributed by atoms with E-state index in [9.17, 15) is 9.59 Å². The molecule has 0 unspecified atom stereocenters. The lowest BCUT2D eigenvalue weighted by atomic mass is 10.2. The number of hydrogen-bond donors (Lipinski definition) is 0. The number of benzene rings is 2. The zero-order chi connectivity index (χ0) is 18.7. The molecule has 0 bridgehead atoms. The predicted octanol–water partition coefficient (Wildman–Crippen LogP) is 3.89. The molecular formula is C19H15NO4S2. The molecule has 0 radical (unpaired) electrons. The van der Waals surface area contributed by atoms with Crippen molar-refractivity contribution >= 4 is 51.9 Å². The number of thioether (sulfide) groups is 1. The van der Waals surface area contributed by atoms with Crippen LogP contribution >= 0.6 is 24.0 Å². The summed E-state index contributed by atoms with van der Waals surface area (Å²) in [5.74, 6) is 0.128. The molecule has 1 amide bonds. The van der Waals surface area contributed by atoms with Gasteiger partial charge >= 0.3 is 5.97 Å². The second kappa shape index (κ2) is 7.72. The van der Waals surface area contributed by atoms with E-state index >= 15 is 0 Å². The highest BCUT2D eigenvalue weighted by Gasteiger charge is 2.33. The molecule has 26 heavy (non-hydrogen) atoms. The summed E-state index contributed by atoms with van der Waals surface area (Å²) in [6.45, 7) is 0. The lowest BCUT2D eigenvalue weighted by Gasteiger charge is -2.14. The maximum Gasteiger partial charge on any atom is 0.337 e. The second-order valence-corrected chi connectivity index (χ2v) is 7.00. The van der Waals surface area contributed by atoms with Gasteiger partial charge in [0.2, 0.25) is 0 Å². The first-order chi connectivity index (χ1) is 12.5. The number of hydrogen-bond acceptors (Lipinski definition) is 6. The Kier molecular flexibility index (Phi) is 5.39. The Labute approximate surface area is 160 Å². The molecule has 5 nitrogen and oxygen atoms in total. The molecule has 2 aromatic carbocycles. The maximum absolute atomic E-state index is 12.8. The van der Waals surface area contributed by atoms with Gasteiger partial charge in [0, 0.05) is 0 Å². The van der Waals surface area contributed by atoms with E-state index in [0.717, 1.165) is 11.3 Å². The number of thiocarbonyl (C=S) groups is 1. The SMILES string of the molecule is COC(=O)c1ccc(N2C(=O)/C(=C/c3ccc(OC)cc3)SC2=S)cc1. The van der Waals surface area contributed by atoms with Gasteiger partial charge in [-0.15, -0.1) is 0 Å². The third-order valence-electron chi connectivity index (χ3n) is 3.75. The smallest absolute Gasteiger partial charge is 0.337 e. The Hall–Kier alpha value is -2.64. The Balaban J connectivity index is 1.84. The average Bonchev–Trinajstić information content (AvgIpc) is 2.95. The van der Waals surface area contributed by atoms with Gasteiger partial charge in [0.25, 0.3) is 5.91 Å². The number of esters is 1. The number of rotatable bonds is 4. The molecular weight excluding hydrogens is 370 g/mol. The summed E-state index contributed by atoms with van der Waals surface area (Å²) < 4.78 is 10.3. The molecule has 1 heterocycles. The van der Waals surface area contributed by atoms with Crippen LogP contribution in [0.15, 0.2) is 53.4 Å². The van der Waals surface area contributed by atoms with Gasteiger partial charge in [-0.05, 0) is 48.0 Å².